The highest BCUT2D eigenvalue weighted by Gasteiger charge is 2.46. The molecule has 4 heterocycles. The first kappa shape index (κ1) is 22.8. The third-order valence-corrected chi connectivity index (χ3v) is 8.30. The van der Waals surface area contributed by atoms with E-state index in [1.54, 1.807) is 19.2 Å². The Hall–Kier alpha value is -3.69. The van der Waals surface area contributed by atoms with Crippen LogP contribution in [-0.4, -0.2) is 37.8 Å². The molecule has 4 aromatic rings. The standard InChI is InChI=1S/C26H26ClN7O2/c1-14(16-7-8-18(27)33(2)24(16)36)20-19-22(32-31-20)29-25(30-23(19)35)34-11-9-26(10-12-34)13-15-5-3-4-6-17(15)21(26)28/h3-8,21H,1,9-13,28H2,2H3,(H2,29,30,31,32,35)/t21-/m1/s1. The van der Waals surface area contributed by atoms with Crippen LogP contribution < -0.4 is 21.8 Å². The molecule has 1 aliphatic heterocycles. The molecule has 6 rings (SSSR count). The molecule has 0 unspecified atom stereocenters. The molecule has 1 atom stereocenters. The zero-order valence-corrected chi connectivity index (χ0v) is 20.6. The topological polar surface area (TPSA) is 126 Å². The van der Waals surface area contributed by atoms with Crippen LogP contribution in [0.5, 0.6) is 0 Å². The number of nitrogens with zero attached hydrogens (tertiary/aromatic N) is 4. The second kappa shape index (κ2) is 8.18. The van der Waals surface area contributed by atoms with Crippen molar-refractivity contribution in [1.29, 1.82) is 0 Å². The Morgan fingerprint density at radius 2 is 1.94 bits per heavy atom. The lowest BCUT2D eigenvalue weighted by molar-refractivity contribution is 0.187. The van der Waals surface area contributed by atoms with Crippen molar-refractivity contribution in [2.24, 2.45) is 18.2 Å². The zero-order valence-electron chi connectivity index (χ0n) is 19.8. The number of nitrogens with two attached hydrogens (primary N) is 1. The van der Waals surface area contributed by atoms with Gasteiger partial charge in [-0.2, -0.15) is 10.1 Å². The van der Waals surface area contributed by atoms with Crippen molar-refractivity contribution in [2.45, 2.75) is 25.3 Å². The van der Waals surface area contributed by atoms with Crippen molar-refractivity contribution in [3.05, 3.63) is 91.2 Å². The van der Waals surface area contributed by atoms with E-state index in [4.69, 9.17) is 17.3 Å². The average molecular weight is 504 g/mol. The van der Waals surface area contributed by atoms with Crippen molar-refractivity contribution < 1.29 is 0 Å². The summed E-state index contributed by atoms with van der Waals surface area (Å²) in [5.74, 6) is 0.495. The first-order valence-corrected chi connectivity index (χ1v) is 12.3. The second-order valence-corrected chi connectivity index (χ2v) is 10.2. The van der Waals surface area contributed by atoms with Crippen molar-refractivity contribution in [2.75, 3.05) is 18.0 Å². The van der Waals surface area contributed by atoms with Gasteiger partial charge in [-0.25, -0.2) is 0 Å². The number of aromatic nitrogens is 5. The van der Waals surface area contributed by atoms with Gasteiger partial charge < -0.3 is 15.2 Å². The molecule has 1 aliphatic carbocycles. The number of halogens is 1. The van der Waals surface area contributed by atoms with E-state index < -0.39 is 0 Å². The number of pyridine rings is 1. The van der Waals surface area contributed by atoms with E-state index in [2.05, 4.69) is 55.9 Å². The van der Waals surface area contributed by atoms with Gasteiger partial charge in [0.15, 0.2) is 5.65 Å². The Kier molecular flexibility index (Phi) is 5.17. The molecule has 1 fully saturated rings. The summed E-state index contributed by atoms with van der Waals surface area (Å²) in [6.45, 7) is 5.51. The fourth-order valence-electron chi connectivity index (χ4n) is 5.73. The lowest BCUT2D eigenvalue weighted by atomic mass is 9.73. The maximum atomic E-state index is 13.2. The predicted molar refractivity (Wildman–Crippen MR) is 140 cm³/mol. The Morgan fingerprint density at radius 1 is 1.19 bits per heavy atom. The van der Waals surface area contributed by atoms with E-state index in [0.717, 1.165) is 32.4 Å². The second-order valence-electron chi connectivity index (χ2n) is 9.80. The van der Waals surface area contributed by atoms with Gasteiger partial charge in [0.2, 0.25) is 5.95 Å². The maximum absolute atomic E-state index is 13.2. The number of hydrogen-bond donors (Lipinski definition) is 3. The van der Waals surface area contributed by atoms with Gasteiger partial charge in [-0.1, -0.05) is 42.4 Å². The average Bonchev–Trinajstić information content (AvgIpc) is 3.43. The summed E-state index contributed by atoms with van der Waals surface area (Å²) >= 11 is 6.03. The minimum atomic E-state index is -0.337. The number of H-pyrrole nitrogens is 2. The lowest BCUT2D eigenvalue weighted by Crippen LogP contribution is -2.45. The van der Waals surface area contributed by atoms with Crippen molar-refractivity contribution >= 4 is 34.2 Å². The van der Waals surface area contributed by atoms with E-state index in [9.17, 15) is 9.59 Å². The maximum Gasteiger partial charge on any atom is 0.264 e. The quantitative estimate of drug-likeness (QED) is 0.369. The largest absolute Gasteiger partial charge is 0.342 e. The number of nitrogens with one attached hydrogen (secondary N) is 2. The normalized spacial score (nSPS) is 18.6. The Morgan fingerprint density at radius 3 is 2.69 bits per heavy atom. The highest BCUT2D eigenvalue weighted by Crippen LogP contribution is 2.50. The third-order valence-electron chi connectivity index (χ3n) is 7.92. The summed E-state index contributed by atoms with van der Waals surface area (Å²) < 4.78 is 1.31. The van der Waals surface area contributed by atoms with Crippen molar-refractivity contribution in [3.63, 3.8) is 0 Å². The molecule has 1 spiro atoms. The molecular formula is C26H26ClN7O2. The van der Waals surface area contributed by atoms with Gasteiger partial charge in [-0.3, -0.25) is 19.7 Å². The molecule has 4 N–H and O–H groups in total. The summed E-state index contributed by atoms with van der Waals surface area (Å²) in [6, 6.07) is 11.6. The van der Waals surface area contributed by atoms with Gasteiger partial charge in [0, 0.05) is 37.3 Å². The highest BCUT2D eigenvalue weighted by molar-refractivity contribution is 6.29. The van der Waals surface area contributed by atoms with Gasteiger partial charge in [0.25, 0.3) is 11.1 Å². The number of hydrogen-bond acceptors (Lipinski definition) is 6. The number of piperidine rings is 1. The molecule has 10 heteroatoms. The van der Waals surface area contributed by atoms with Crippen molar-refractivity contribution in [3.8, 4) is 0 Å². The van der Waals surface area contributed by atoms with Gasteiger partial charge in [-0.05, 0) is 47.9 Å². The van der Waals surface area contributed by atoms with Gasteiger partial charge in [0.1, 0.15) is 16.2 Å². The molecule has 9 nitrogen and oxygen atoms in total. The molecule has 1 aromatic carbocycles. The van der Waals surface area contributed by atoms with Crippen molar-refractivity contribution in [1.82, 2.24) is 24.7 Å². The first-order valence-electron chi connectivity index (χ1n) is 11.9. The Labute approximate surface area is 211 Å². The summed E-state index contributed by atoms with van der Waals surface area (Å²) in [4.78, 5) is 35.5. The number of aromatic amines is 2. The predicted octanol–water partition coefficient (Wildman–Crippen LogP) is 2.90. The van der Waals surface area contributed by atoms with E-state index in [-0.39, 0.29) is 33.7 Å². The van der Waals surface area contributed by atoms with E-state index in [1.165, 1.54) is 15.7 Å². The molecule has 3 aromatic heterocycles. The van der Waals surface area contributed by atoms with E-state index >= 15 is 0 Å². The zero-order chi connectivity index (χ0) is 25.2. The van der Waals surface area contributed by atoms with Crippen LogP contribution in [0.3, 0.4) is 0 Å². The van der Waals surface area contributed by atoms with Crippen LogP contribution in [-0.2, 0) is 13.5 Å². The molecule has 2 aliphatic rings. The summed E-state index contributed by atoms with van der Waals surface area (Å²) in [5, 5.41) is 7.70. The number of benzene rings is 1. The molecule has 36 heavy (non-hydrogen) atoms. The molecule has 184 valence electrons. The van der Waals surface area contributed by atoms with Gasteiger partial charge in [-0.15, -0.1) is 0 Å². The van der Waals surface area contributed by atoms with Crippen LogP contribution in [0.1, 0.15) is 41.3 Å². The van der Waals surface area contributed by atoms with Crippen LogP contribution in [0.4, 0.5) is 5.95 Å². The number of rotatable bonds is 3. The van der Waals surface area contributed by atoms with E-state index in [1.807, 2.05) is 0 Å². The minimum absolute atomic E-state index is 0.0205. The molecule has 1 saturated heterocycles. The van der Waals surface area contributed by atoms with Crippen LogP contribution in [0.2, 0.25) is 5.15 Å². The fourth-order valence-corrected chi connectivity index (χ4v) is 5.87. The van der Waals surface area contributed by atoms with E-state index in [0.29, 0.717) is 27.9 Å². The molecule has 0 radical (unpaired) electrons. The Bertz CT molecular complexity index is 1640. The molecule has 0 saturated carbocycles. The van der Waals surface area contributed by atoms with Crippen LogP contribution in [0, 0.1) is 5.41 Å². The van der Waals surface area contributed by atoms with Crippen LogP contribution in [0.25, 0.3) is 16.6 Å². The van der Waals surface area contributed by atoms with Gasteiger partial charge >= 0.3 is 0 Å². The monoisotopic (exact) mass is 503 g/mol. The fraction of sp³-hybridized carbons (Fsp3) is 0.308. The van der Waals surface area contributed by atoms with Crippen LogP contribution in [0.15, 0.2) is 52.6 Å². The smallest absolute Gasteiger partial charge is 0.264 e. The SMILES string of the molecule is C=C(c1ccc(Cl)n(C)c1=O)c1n[nH]c2nc(N3CCC4(CC3)Cc3ccccc3[C@H]4N)[nH]c(=O)c12. The number of anilines is 1. The summed E-state index contributed by atoms with van der Waals surface area (Å²) in [6.07, 6.45) is 2.81. The lowest BCUT2D eigenvalue weighted by Gasteiger charge is -2.42. The number of fused-ring (bicyclic) bond motifs is 2. The molecular weight excluding hydrogens is 478 g/mol. The van der Waals surface area contributed by atoms with Gasteiger partial charge in [0.05, 0.1) is 0 Å². The highest BCUT2D eigenvalue weighted by atomic mass is 35.5. The molecule has 0 amide bonds. The summed E-state index contributed by atoms with van der Waals surface area (Å²) in [7, 11) is 1.57. The first-order chi connectivity index (χ1) is 17.3. The van der Waals surface area contributed by atoms with Crippen LogP contribution >= 0.6 is 11.6 Å². The summed E-state index contributed by atoms with van der Waals surface area (Å²) in [5.41, 5.74) is 9.95. The Balaban J connectivity index is 1.27. The third kappa shape index (κ3) is 3.34. The minimum Gasteiger partial charge on any atom is -0.342 e. The molecule has 0 bridgehead atoms.